The predicted octanol–water partition coefficient (Wildman–Crippen LogP) is 4.44. The fraction of sp³-hybridized carbons (Fsp3) is 0.235. The van der Waals surface area contributed by atoms with E-state index in [1.807, 2.05) is 25.1 Å². The zero-order valence-corrected chi connectivity index (χ0v) is 12.6. The summed E-state index contributed by atoms with van der Waals surface area (Å²) in [7, 11) is 0. The average molecular weight is 304 g/mol. The second-order valence-electron chi connectivity index (χ2n) is 4.74. The molecule has 0 aliphatic carbocycles. The minimum absolute atomic E-state index is 0.165. The maximum absolute atomic E-state index is 12.8. The Balaban J connectivity index is 1.75. The summed E-state index contributed by atoms with van der Waals surface area (Å²) >= 11 is 1.71. The molecule has 0 spiro atoms. The monoisotopic (exact) mass is 304 g/mol. The Morgan fingerprint density at radius 3 is 2.48 bits per heavy atom. The molecule has 0 heterocycles. The summed E-state index contributed by atoms with van der Waals surface area (Å²) in [5.41, 5.74) is 1.24. The van der Waals surface area contributed by atoms with E-state index < -0.39 is 0 Å². The number of esters is 1. The first-order valence-corrected chi connectivity index (χ1v) is 7.80. The van der Waals surface area contributed by atoms with Crippen molar-refractivity contribution in [1.29, 1.82) is 0 Å². The number of carbonyl (C=O) groups is 1. The Bertz CT molecular complexity index is 569. The SMILES string of the molecule is C[C@@H](CC(=O)Oc1ccc(F)cc1)SCc1ccccc1. The van der Waals surface area contributed by atoms with Crippen molar-refractivity contribution < 1.29 is 13.9 Å². The Morgan fingerprint density at radius 2 is 1.81 bits per heavy atom. The molecular formula is C17H17FO2S. The molecule has 1 atom stereocenters. The van der Waals surface area contributed by atoms with Crippen LogP contribution in [0.5, 0.6) is 5.75 Å². The fourth-order valence-corrected chi connectivity index (χ4v) is 2.71. The zero-order chi connectivity index (χ0) is 15.1. The predicted molar refractivity (Wildman–Crippen MR) is 83.9 cm³/mol. The standard InChI is InChI=1S/C17H17FO2S/c1-13(21-12-14-5-3-2-4-6-14)11-17(19)20-16-9-7-15(18)8-10-16/h2-10,13H,11-12H2,1H3/t13-/m0/s1. The topological polar surface area (TPSA) is 26.3 Å². The van der Waals surface area contributed by atoms with Gasteiger partial charge in [-0.15, -0.1) is 0 Å². The normalized spacial score (nSPS) is 11.9. The van der Waals surface area contributed by atoms with Crippen molar-refractivity contribution in [3.8, 4) is 5.75 Å². The summed E-state index contributed by atoms with van der Waals surface area (Å²) in [6, 6.07) is 15.6. The van der Waals surface area contributed by atoms with Crippen molar-refractivity contribution in [2.24, 2.45) is 0 Å². The number of benzene rings is 2. The van der Waals surface area contributed by atoms with Crippen LogP contribution in [-0.4, -0.2) is 11.2 Å². The molecule has 0 aliphatic rings. The lowest BCUT2D eigenvalue weighted by molar-refractivity contribution is -0.134. The van der Waals surface area contributed by atoms with Crippen LogP contribution < -0.4 is 4.74 Å². The molecule has 2 aromatic rings. The van der Waals surface area contributed by atoms with Crippen LogP contribution in [0.2, 0.25) is 0 Å². The Hall–Kier alpha value is -1.81. The Morgan fingerprint density at radius 1 is 1.14 bits per heavy atom. The van der Waals surface area contributed by atoms with Crippen LogP contribution in [0.4, 0.5) is 4.39 Å². The highest BCUT2D eigenvalue weighted by molar-refractivity contribution is 7.99. The van der Waals surface area contributed by atoms with Gasteiger partial charge in [0.05, 0.1) is 6.42 Å². The van der Waals surface area contributed by atoms with E-state index >= 15 is 0 Å². The van der Waals surface area contributed by atoms with E-state index in [2.05, 4.69) is 12.1 Å². The Kier molecular flexibility index (Phi) is 5.81. The maximum atomic E-state index is 12.8. The summed E-state index contributed by atoms with van der Waals surface area (Å²) in [5.74, 6) is 0.601. The van der Waals surface area contributed by atoms with Crippen molar-refractivity contribution in [2.75, 3.05) is 0 Å². The third-order valence-electron chi connectivity index (χ3n) is 2.88. The molecule has 0 fully saturated rings. The molecule has 2 nitrogen and oxygen atoms in total. The van der Waals surface area contributed by atoms with Crippen molar-refractivity contribution in [3.05, 3.63) is 66.0 Å². The highest BCUT2D eigenvalue weighted by Crippen LogP contribution is 2.21. The second kappa shape index (κ2) is 7.84. The van der Waals surface area contributed by atoms with Gasteiger partial charge in [-0.1, -0.05) is 37.3 Å². The minimum atomic E-state index is -0.346. The first-order valence-electron chi connectivity index (χ1n) is 6.75. The molecule has 0 unspecified atom stereocenters. The quantitative estimate of drug-likeness (QED) is 0.583. The third kappa shape index (κ3) is 5.60. The van der Waals surface area contributed by atoms with Crippen molar-refractivity contribution in [3.63, 3.8) is 0 Å². The van der Waals surface area contributed by atoms with Gasteiger partial charge in [0.15, 0.2) is 0 Å². The van der Waals surface area contributed by atoms with Gasteiger partial charge >= 0.3 is 5.97 Å². The van der Waals surface area contributed by atoms with Crippen LogP contribution in [0.3, 0.4) is 0 Å². The average Bonchev–Trinajstić information content (AvgIpc) is 2.48. The van der Waals surface area contributed by atoms with Gasteiger partial charge in [0, 0.05) is 11.0 Å². The zero-order valence-electron chi connectivity index (χ0n) is 11.8. The number of thioether (sulfide) groups is 1. The van der Waals surface area contributed by atoms with Gasteiger partial charge in [-0.2, -0.15) is 11.8 Å². The van der Waals surface area contributed by atoms with Gasteiger partial charge in [0.1, 0.15) is 11.6 Å². The summed E-state index contributed by atoms with van der Waals surface area (Å²) in [6.45, 7) is 2.00. The molecule has 0 radical (unpaired) electrons. The van der Waals surface area contributed by atoms with Crippen LogP contribution in [-0.2, 0) is 10.5 Å². The first-order chi connectivity index (χ1) is 10.1. The molecule has 0 N–H and O–H groups in total. The van der Waals surface area contributed by atoms with Crippen molar-refractivity contribution in [1.82, 2.24) is 0 Å². The van der Waals surface area contributed by atoms with Gasteiger partial charge in [0.25, 0.3) is 0 Å². The number of hydrogen-bond acceptors (Lipinski definition) is 3. The number of hydrogen-bond donors (Lipinski definition) is 0. The number of carbonyl (C=O) groups excluding carboxylic acids is 1. The van der Waals surface area contributed by atoms with Crippen molar-refractivity contribution in [2.45, 2.75) is 24.3 Å². The van der Waals surface area contributed by atoms with Gasteiger partial charge in [0.2, 0.25) is 0 Å². The molecule has 0 amide bonds. The van der Waals surface area contributed by atoms with E-state index in [-0.39, 0.29) is 17.0 Å². The van der Waals surface area contributed by atoms with E-state index in [0.29, 0.717) is 12.2 Å². The minimum Gasteiger partial charge on any atom is -0.426 e. The van der Waals surface area contributed by atoms with E-state index in [0.717, 1.165) is 5.75 Å². The van der Waals surface area contributed by atoms with Gasteiger partial charge < -0.3 is 4.74 Å². The molecule has 4 heteroatoms. The number of rotatable bonds is 6. The highest BCUT2D eigenvalue weighted by Gasteiger charge is 2.12. The summed E-state index contributed by atoms with van der Waals surface area (Å²) in [5, 5.41) is 0.165. The largest absolute Gasteiger partial charge is 0.426 e. The molecule has 0 saturated heterocycles. The lowest BCUT2D eigenvalue weighted by atomic mass is 10.2. The summed E-state index contributed by atoms with van der Waals surface area (Å²) < 4.78 is 17.9. The van der Waals surface area contributed by atoms with E-state index in [4.69, 9.17) is 4.74 Å². The van der Waals surface area contributed by atoms with Crippen LogP contribution in [0.25, 0.3) is 0 Å². The molecule has 2 aromatic carbocycles. The number of halogens is 1. The van der Waals surface area contributed by atoms with Crippen LogP contribution in [0.15, 0.2) is 54.6 Å². The summed E-state index contributed by atoms with van der Waals surface area (Å²) in [4.78, 5) is 11.8. The van der Waals surface area contributed by atoms with Crippen LogP contribution in [0, 0.1) is 5.82 Å². The smallest absolute Gasteiger partial charge is 0.312 e. The first kappa shape index (κ1) is 15.6. The molecule has 0 aromatic heterocycles. The lowest BCUT2D eigenvalue weighted by Crippen LogP contribution is -2.13. The molecule has 21 heavy (non-hydrogen) atoms. The highest BCUT2D eigenvalue weighted by atomic mass is 32.2. The maximum Gasteiger partial charge on any atom is 0.312 e. The van der Waals surface area contributed by atoms with Crippen LogP contribution in [0.1, 0.15) is 18.9 Å². The molecule has 110 valence electrons. The second-order valence-corrected chi connectivity index (χ2v) is 6.17. The number of ether oxygens (including phenoxy) is 1. The molecule has 0 saturated carbocycles. The Labute approximate surface area is 128 Å². The van der Waals surface area contributed by atoms with E-state index in [9.17, 15) is 9.18 Å². The van der Waals surface area contributed by atoms with Gasteiger partial charge in [-0.3, -0.25) is 4.79 Å². The van der Waals surface area contributed by atoms with Gasteiger partial charge in [-0.25, -0.2) is 4.39 Å². The van der Waals surface area contributed by atoms with E-state index in [1.54, 1.807) is 11.8 Å². The van der Waals surface area contributed by atoms with E-state index in [1.165, 1.54) is 29.8 Å². The molecule has 0 bridgehead atoms. The lowest BCUT2D eigenvalue weighted by Gasteiger charge is -2.11. The van der Waals surface area contributed by atoms with Gasteiger partial charge in [-0.05, 0) is 29.8 Å². The van der Waals surface area contributed by atoms with Crippen LogP contribution >= 0.6 is 11.8 Å². The fourth-order valence-electron chi connectivity index (χ4n) is 1.78. The molecule has 2 rings (SSSR count). The summed E-state index contributed by atoms with van der Waals surface area (Å²) in [6.07, 6.45) is 0.328. The van der Waals surface area contributed by atoms with Crippen molar-refractivity contribution >= 4 is 17.7 Å². The third-order valence-corrected chi connectivity index (χ3v) is 4.11. The molecular weight excluding hydrogens is 287 g/mol. The molecule has 0 aliphatic heterocycles.